The SMILES string of the molecule is C=C(C(=O)OCC)C1(C)Cc2c(C)c(NC(C)=O)c(C)c(C)c2O1. The molecular weight excluding hydrogens is 306 g/mol. The van der Waals surface area contributed by atoms with E-state index in [1.807, 2.05) is 27.7 Å². The Balaban J connectivity index is 2.47. The van der Waals surface area contributed by atoms with Crippen LogP contribution >= 0.6 is 0 Å². The van der Waals surface area contributed by atoms with Gasteiger partial charge in [0.25, 0.3) is 0 Å². The quantitative estimate of drug-likeness (QED) is 0.678. The van der Waals surface area contributed by atoms with Crippen LogP contribution in [0.25, 0.3) is 0 Å². The molecule has 1 N–H and O–H groups in total. The fourth-order valence-electron chi connectivity index (χ4n) is 3.10. The molecule has 5 heteroatoms. The Hall–Kier alpha value is -2.30. The van der Waals surface area contributed by atoms with E-state index >= 15 is 0 Å². The fourth-order valence-corrected chi connectivity index (χ4v) is 3.10. The van der Waals surface area contributed by atoms with Crippen LogP contribution in [0.3, 0.4) is 0 Å². The number of esters is 1. The number of ether oxygens (including phenoxy) is 2. The van der Waals surface area contributed by atoms with E-state index in [0.29, 0.717) is 18.6 Å². The van der Waals surface area contributed by atoms with E-state index in [4.69, 9.17) is 9.47 Å². The average molecular weight is 331 g/mol. The predicted molar refractivity (Wildman–Crippen MR) is 93.5 cm³/mol. The van der Waals surface area contributed by atoms with Crippen LogP contribution in [-0.4, -0.2) is 24.1 Å². The molecule has 130 valence electrons. The van der Waals surface area contributed by atoms with Crippen LogP contribution in [0.4, 0.5) is 5.69 Å². The number of nitrogens with one attached hydrogen (secondary N) is 1. The highest BCUT2D eigenvalue weighted by molar-refractivity contribution is 5.92. The summed E-state index contributed by atoms with van der Waals surface area (Å²) in [6, 6.07) is 0. The Labute approximate surface area is 143 Å². The van der Waals surface area contributed by atoms with E-state index in [1.54, 1.807) is 6.92 Å². The lowest BCUT2D eigenvalue weighted by Crippen LogP contribution is -2.36. The van der Waals surface area contributed by atoms with Crippen LogP contribution < -0.4 is 10.1 Å². The molecule has 1 aliphatic heterocycles. The molecule has 1 aliphatic rings. The van der Waals surface area contributed by atoms with Gasteiger partial charge in [-0.3, -0.25) is 4.79 Å². The lowest BCUT2D eigenvalue weighted by molar-refractivity contribution is -0.140. The number of fused-ring (bicyclic) bond motifs is 1. The van der Waals surface area contributed by atoms with Gasteiger partial charge in [0.15, 0.2) is 0 Å². The van der Waals surface area contributed by atoms with Gasteiger partial charge >= 0.3 is 5.97 Å². The maximum Gasteiger partial charge on any atom is 0.337 e. The Morgan fingerprint density at radius 3 is 2.42 bits per heavy atom. The van der Waals surface area contributed by atoms with Crippen molar-refractivity contribution in [3.63, 3.8) is 0 Å². The van der Waals surface area contributed by atoms with Gasteiger partial charge in [-0.2, -0.15) is 0 Å². The second-order valence-electron chi connectivity index (χ2n) is 6.45. The van der Waals surface area contributed by atoms with Crippen molar-refractivity contribution < 1.29 is 19.1 Å². The first-order valence-corrected chi connectivity index (χ1v) is 8.08. The first-order valence-electron chi connectivity index (χ1n) is 8.08. The summed E-state index contributed by atoms with van der Waals surface area (Å²) in [7, 11) is 0. The van der Waals surface area contributed by atoms with Gasteiger partial charge in [0, 0.05) is 24.6 Å². The summed E-state index contributed by atoms with van der Waals surface area (Å²) in [4.78, 5) is 23.6. The van der Waals surface area contributed by atoms with Crippen molar-refractivity contribution in [2.45, 2.75) is 53.6 Å². The maximum atomic E-state index is 12.1. The van der Waals surface area contributed by atoms with Crippen molar-refractivity contribution in [3.8, 4) is 5.75 Å². The molecule has 0 spiro atoms. The molecule has 1 heterocycles. The van der Waals surface area contributed by atoms with Gasteiger partial charge in [-0.1, -0.05) is 6.58 Å². The summed E-state index contributed by atoms with van der Waals surface area (Å²) in [5.74, 6) is 0.215. The second-order valence-corrected chi connectivity index (χ2v) is 6.45. The molecule has 5 nitrogen and oxygen atoms in total. The van der Waals surface area contributed by atoms with Crippen molar-refractivity contribution in [2.24, 2.45) is 0 Å². The van der Waals surface area contributed by atoms with Crippen LogP contribution in [0.1, 0.15) is 43.0 Å². The average Bonchev–Trinajstić information content (AvgIpc) is 2.88. The highest BCUT2D eigenvalue weighted by atomic mass is 16.5. The van der Waals surface area contributed by atoms with Gasteiger partial charge in [-0.15, -0.1) is 0 Å². The number of hydrogen-bond donors (Lipinski definition) is 1. The lowest BCUT2D eigenvalue weighted by atomic mass is 9.88. The van der Waals surface area contributed by atoms with Gasteiger partial charge in [-0.25, -0.2) is 4.79 Å². The Bertz CT molecular complexity index is 736. The fraction of sp³-hybridized carbons (Fsp3) is 0.474. The third-order valence-electron chi connectivity index (χ3n) is 4.68. The zero-order valence-electron chi connectivity index (χ0n) is 15.3. The maximum absolute atomic E-state index is 12.1. The smallest absolute Gasteiger partial charge is 0.337 e. The predicted octanol–water partition coefficient (Wildman–Crippen LogP) is 3.38. The van der Waals surface area contributed by atoms with Crippen LogP contribution in [0.15, 0.2) is 12.2 Å². The van der Waals surface area contributed by atoms with E-state index in [2.05, 4.69) is 11.9 Å². The first-order chi connectivity index (χ1) is 11.1. The molecule has 1 atom stereocenters. The molecule has 1 aromatic carbocycles. The summed E-state index contributed by atoms with van der Waals surface area (Å²) < 4.78 is 11.2. The largest absolute Gasteiger partial charge is 0.482 e. The molecule has 0 saturated heterocycles. The number of carbonyl (C=O) groups is 2. The molecule has 0 saturated carbocycles. The highest BCUT2D eigenvalue weighted by Gasteiger charge is 2.43. The van der Waals surface area contributed by atoms with Crippen LogP contribution in [0.5, 0.6) is 5.75 Å². The molecule has 0 radical (unpaired) electrons. The van der Waals surface area contributed by atoms with Crippen molar-refractivity contribution in [2.75, 3.05) is 11.9 Å². The number of hydrogen-bond acceptors (Lipinski definition) is 4. The minimum atomic E-state index is -0.842. The van der Waals surface area contributed by atoms with Gasteiger partial charge in [0.05, 0.1) is 12.2 Å². The molecule has 1 amide bonds. The normalized spacial score (nSPS) is 18.6. The summed E-state index contributed by atoms with van der Waals surface area (Å²) >= 11 is 0. The topological polar surface area (TPSA) is 64.6 Å². The van der Waals surface area contributed by atoms with Crippen LogP contribution in [0.2, 0.25) is 0 Å². The molecule has 24 heavy (non-hydrogen) atoms. The van der Waals surface area contributed by atoms with E-state index in [9.17, 15) is 9.59 Å². The summed E-state index contributed by atoms with van der Waals surface area (Å²) in [5.41, 5.74) is 4.16. The van der Waals surface area contributed by atoms with E-state index in [-0.39, 0.29) is 5.91 Å². The number of anilines is 1. The molecule has 1 unspecified atom stereocenters. The number of carbonyl (C=O) groups excluding carboxylic acids is 2. The minimum absolute atomic E-state index is 0.113. The second kappa shape index (κ2) is 6.30. The van der Waals surface area contributed by atoms with Gasteiger partial charge in [0.2, 0.25) is 5.91 Å². The molecule has 0 bridgehead atoms. The summed E-state index contributed by atoms with van der Waals surface area (Å²) in [6.07, 6.45) is 0.513. The third kappa shape index (κ3) is 2.90. The first kappa shape index (κ1) is 18.0. The van der Waals surface area contributed by atoms with E-state index in [0.717, 1.165) is 33.7 Å². The Morgan fingerprint density at radius 2 is 1.88 bits per heavy atom. The van der Waals surface area contributed by atoms with E-state index in [1.165, 1.54) is 6.92 Å². The van der Waals surface area contributed by atoms with Crippen LogP contribution in [0, 0.1) is 20.8 Å². The van der Waals surface area contributed by atoms with Gasteiger partial charge in [-0.05, 0) is 51.3 Å². The lowest BCUT2D eigenvalue weighted by Gasteiger charge is -2.25. The standard InChI is InChI=1S/C19H25NO4/c1-8-23-18(22)13(5)19(7)9-15-12(4)16(20-14(6)21)10(2)11(3)17(15)24-19/h5,8-9H2,1-4,6-7H3,(H,20,21). The number of rotatable bonds is 4. The molecule has 0 fully saturated rings. The zero-order valence-corrected chi connectivity index (χ0v) is 15.3. The monoisotopic (exact) mass is 331 g/mol. The summed E-state index contributed by atoms with van der Waals surface area (Å²) in [6.45, 7) is 15.1. The van der Waals surface area contributed by atoms with Crippen molar-refractivity contribution in [1.82, 2.24) is 0 Å². The number of amides is 1. The van der Waals surface area contributed by atoms with Gasteiger partial charge < -0.3 is 14.8 Å². The Morgan fingerprint density at radius 1 is 1.25 bits per heavy atom. The van der Waals surface area contributed by atoms with Crippen molar-refractivity contribution in [1.29, 1.82) is 0 Å². The van der Waals surface area contributed by atoms with Crippen LogP contribution in [-0.2, 0) is 20.7 Å². The van der Waals surface area contributed by atoms with Gasteiger partial charge in [0.1, 0.15) is 11.4 Å². The molecule has 0 aromatic heterocycles. The molecule has 2 rings (SSSR count). The molecule has 0 aliphatic carbocycles. The number of benzene rings is 1. The Kier molecular flexibility index (Phi) is 4.74. The molecular formula is C19H25NO4. The van der Waals surface area contributed by atoms with Crippen molar-refractivity contribution in [3.05, 3.63) is 34.4 Å². The summed E-state index contributed by atoms with van der Waals surface area (Å²) in [5, 5.41) is 2.90. The van der Waals surface area contributed by atoms with Crippen molar-refractivity contribution >= 4 is 17.6 Å². The third-order valence-corrected chi connectivity index (χ3v) is 4.68. The molecule has 1 aromatic rings. The zero-order chi connectivity index (χ0) is 18.2. The highest BCUT2D eigenvalue weighted by Crippen LogP contribution is 2.46. The van der Waals surface area contributed by atoms with E-state index < -0.39 is 11.6 Å². The minimum Gasteiger partial charge on any atom is -0.482 e.